The van der Waals surface area contributed by atoms with Gasteiger partial charge in [-0.05, 0) is 18.6 Å². The first-order valence-electron chi connectivity index (χ1n) is 4.04. The van der Waals surface area contributed by atoms with Crippen LogP contribution < -0.4 is 5.56 Å². The number of carbonyl (C=O) groups excluding carboxylic acids is 1. The molecule has 0 aromatic carbocycles. The lowest BCUT2D eigenvalue weighted by atomic mass is 10.2. The average Bonchev–Trinajstić information content (AvgIpc) is 2.09. The first-order valence-corrected chi connectivity index (χ1v) is 4.04. The number of H-pyrrole nitrogens is 1. The van der Waals surface area contributed by atoms with Crippen LogP contribution in [0.25, 0.3) is 6.08 Å². The highest BCUT2D eigenvalue weighted by Gasteiger charge is 1.92. The van der Waals surface area contributed by atoms with Crippen molar-refractivity contribution >= 4 is 12.4 Å². The van der Waals surface area contributed by atoms with Gasteiger partial charge in [0.15, 0.2) is 0 Å². The molecule has 68 valence electrons. The van der Waals surface area contributed by atoms with Crippen LogP contribution in [0.15, 0.2) is 23.0 Å². The van der Waals surface area contributed by atoms with E-state index in [9.17, 15) is 9.59 Å². The largest absolute Gasteiger partial charge is 0.326 e. The summed E-state index contributed by atoms with van der Waals surface area (Å²) in [5.74, 6) is 0. The van der Waals surface area contributed by atoms with E-state index in [1.807, 2.05) is 13.0 Å². The van der Waals surface area contributed by atoms with Crippen LogP contribution in [0.5, 0.6) is 0 Å². The number of nitrogens with one attached hydrogen (secondary N) is 1. The lowest BCUT2D eigenvalue weighted by Gasteiger charge is -1.97. The van der Waals surface area contributed by atoms with E-state index >= 15 is 0 Å². The van der Waals surface area contributed by atoms with E-state index in [1.54, 1.807) is 12.1 Å². The van der Waals surface area contributed by atoms with Gasteiger partial charge in [0, 0.05) is 18.2 Å². The van der Waals surface area contributed by atoms with Gasteiger partial charge < -0.3 is 9.78 Å². The summed E-state index contributed by atoms with van der Waals surface area (Å²) in [4.78, 5) is 23.5. The SMILES string of the molecule is Cc1[nH]c(=O)ccc1C=CCC=O. The third kappa shape index (κ3) is 2.71. The van der Waals surface area contributed by atoms with Crippen molar-refractivity contribution in [1.82, 2.24) is 4.98 Å². The van der Waals surface area contributed by atoms with E-state index < -0.39 is 0 Å². The van der Waals surface area contributed by atoms with Gasteiger partial charge in [-0.25, -0.2) is 0 Å². The zero-order valence-corrected chi connectivity index (χ0v) is 7.41. The van der Waals surface area contributed by atoms with Crippen molar-refractivity contribution in [2.45, 2.75) is 13.3 Å². The second kappa shape index (κ2) is 4.40. The topological polar surface area (TPSA) is 49.9 Å². The van der Waals surface area contributed by atoms with Crippen LogP contribution in [0.2, 0.25) is 0 Å². The summed E-state index contributed by atoms with van der Waals surface area (Å²) in [7, 11) is 0. The molecular formula is C10H11NO2. The van der Waals surface area contributed by atoms with Gasteiger partial charge in [-0.3, -0.25) is 4.79 Å². The van der Waals surface area contributed by atoms with Crippen LogP contribution in [0.3, 0.4) is 0 Å². The summed E-state index contributed by atoms with van der Waals surface area (Å²) in [5.41, 5.74) is 1.64. The molecule has 1 heterocycles. The molecule has 0 aliphatic heterocycles. The van der Waals surface area contributed by atoms with E-state index in [0.29, 0.717) is 6.42 Å². The molecule has 0 unspecified atom stereocenters. The summed E-state index contributed by atoms with van der Waals surface area (Å²) < 4.78 is 0. The van der Waals surface area contributed by atoms with E-state index in [-0.39, 0.29) is 5.56 Å². The number of aromatic amines is 1. The number of aryl methyl sites for hydroxylation is 1. The van der Waals surface area contributed by atoms with Crippen LogP contribution in [0, 0.1) is 6.92 Å². The van der Waals surface area contributed by atoms with Crippen molar-refractivity contribution in [2.24, 2.45) is 0 Å². The smallest absolute Gasteiger partial charge is 0.248 e. The molecule has 0 aliphatic carbocycles. The van der Waals surface area contributed by atoms with Crippen LogP contribution >= 0.6 is 0 Å². The molecule has 0 atom stereocenters. The number of carbonyl (C=O) groups is 1. The highest BCUT2D eigenvalue weighted by atomic mass is 16.1. The third-order valence-electron chi connectivity index (χ3n) is 1.69. The van der Waals surface area contributed by atoms with Crippen molar-refractivity contribution in [2.75, 3.05) is 0 Å². The lowest BCUT2D eigenvalue weighted by molar-refractivity contribution is -0.107. The van der Waals surface area contributed by atoms with E-state index in [1.165, 1.54) is 6.07 Å². The van der Waals surface area contributed by atoms with Crippen LogP contribution in [0.1, 0.15) is 17.7 Å². The fourth-order valence-corrected chi connectivity index (χ4v) is 1.02. The summed E-state index contributed by atoms with van der Waals surface area (Å²) in [6.07, 6.45) is 4.81. The number of allylic oxidation sites excluding steroid dienone is 1. The van der Waals surface area contributed by atoms with Gasteiger partial charge in [0.05, 0.1) is 0 Å². The normalized spacial score (nSPS) is 10.5. The van der Waals surface area contributed by atoms with E-state index in [0.717, 1.165) is 17.5 Å². The Morgan fingerprint density at radius 1 is 1.46 bits per heavy atom. The Balaban J connectivity index is 2.89. The van der Waals surface area contributed by atoms with Crippen LogP contribution in [0.4, 0.5) is 0 Å². The molecule has 1 N–H and O–H groups in total. The molecule has 1 rings (SSSR count). The average molecular weight is 177 g/mol. The first-order chi connectivity index (χ1) is 6.24. The highest BCUT2D eigenvalue weighted by Crippen LogP contribution is 2.03. The van der Waals surface area contributed by atoms with Gasteiger partial charge in [0.2, 0.25) is 5.56 Å². The molecule has 1 aromatic heterocycles. The second-order valence-electron chi connectivity index (χ2n) is 2.71. The summed E-state index contributed by atoms with van der Waals surface area (Å²) in [5, 5.41) is 0. The minimum Gasteiger partial charge on any atom is -0.326 e. The van der Waals surface area contributed by atoms with Crippen molar-refractivity contribution in [3.63, 3.8) is 0 Å². The van der Waals surface area contributed by atoms with Crippen molar-refractivity contribution in [3.8, 4) is 0 Å². The van der Waals surface area contributed by atoms with Gasteiger partial charge in [-0.2, -0.15) is 0 Å². The molecule has 0 fully saturated rings. The monoisotopic (exact) mass is 177 g/mol. The van der Waals surface area contributed by atoms with Gasteiger partial charge in [0.25, 0.3) is 0 Å². The molecule has 0 radical (unpaired) electrons. The molecule has 13 heavy (non-hydrogen) atoms. The maximum absolute atomic E-state index is 10.8. The molecule has 0 saturated heterocycles. The third-order valence-corrected chi connectivity index (χ3v) is 1.69. The Bertz CT molecular complexity index is 377. The zero-order chi connectivity index (χ0) is 9.68. The number of hydrogen-bond acceptors (Lipinski definition) is 2. The molecule has 0 bridgehead atoms. The van der Waals surface area contributed by atoms with Crippen molar-refractivity contribution in [1.29, 1.82) is 0 Å². The number of hydrogen-bond donors (Lipinski definition) is 1. The van der Waals surface area contributed by atoms with Crippen LogP contribution in [-0.4, -0.2) is 11.3 Å². The Kier molecular flexibility index (Phi) is 3.20. The Morgan fingerprint density at radius 3 is 2.85 bits per heavy atom. The molecule has 3 nitrogen and oxygen atoms in total. The number of aldehydes is 1. The van der Waals surface area contributed by atoms with Crippen LogP contribution in [-0.2, 0) is 4.79 Å². The molecule has 0 saturated carbocycles. The molecule has 0 amide bonds. The summed E-state index contributed by atoms with van der Waals surface area (Å²) in [6, 6.07) is 3.20. The van der Waals surface area contributed by atoms with Gasteiger partial charge in [-0.15, -0.1) is 0 Å². The van der Waals surface area contributed by atoms with Gasteiger partial charge in [0.1, 0.15) is 6.29 Å². The molecular weight excluding hydrogens is 166 g/mol. The van der Waals surface area contributed by atoms with Crippen molar-refractivity contribution in [3.05, 3.63) is 39.8 Å². The minimum atomic E-state index is -0.106. The molecule has 0 aliphatic rings. The predicted molar refractivity (Wildman–Crippen MR) is 51.5 cm³/mol. The predicted octanol–water partition coefficient (Wildman–Crippen LogP) is 1.29. The number of rotatable bonds is 3. The minimum absolute atomic E-state index is 0.106. The Hall–Kier alpha value is -1.64. The number of pyridine rings is 1. The fourth-order valence-electron chi connectivity index (χ4n) is 1.02. The summed E-state index contributed by atoms with van der Waals surface area (Å²) >= 11 is 0. The molecule has 3 heteroatoms. The Labute approximate surface area is 76.1 Å². The standard InChI is InChI=1S/C10H11NO2/c1-8-9(4-2-3-7-12)5-6-10(13)11-8/h2,4-7H,3H2,1H3,(H,11,13). The lowest BCUT2D eigenvalue weighted by Crippen LogP contribution is -2.05. The fraction of sp³-hybridized carbons (Fsp3) is 0.200. The second-order valence-corrected chi connectivity index (χ2v) is 2.71. The zero-order valence-electron chi connectivity index (χ0n) is 7.41. The molecule has 1 aromatic rings. The first kappa shape index (κ1) is 9.45. The van der Waals surface area contributed by atoms with E-state index in [2.05, 4.69) is 4.98 Å². The highest BCUT2D eigenvalue weighted by molar-refractivity contribution is 5.58. The quantitative estimate of drug-likeness (QED) is 0.707. The molecule has 0 spiro atoms. The maximum Gasteiger partial charge on any atom is 0.248 e. The van der Waals surface area contributed by atoms with Crippen molar-refractivity contribution < 1.29 is 4.79 Å². The van der Waals surface area contributed by atoms with Gasteiger partial charge in [-0.1, -0.05) is 12.2 Å². The summed E-state index contributed by atoms with van der Waals surface area (Å²) in [6.45, 7) is 1.82. The number of aromatic nitrogens is 1. The van der Waals surface area contributed by atoms with E-state index in [4.69, 9.17) is 0 Å². The Morgan fingerprint density at radius 2 is 2.23 bits per heavy atom. The maximum atomic E-state index is 10.8. The van der Waals surface area contributed by atoms with Gasteiger partial charge >= 0.3 is 0 Å².